The lowest BCUT2D eigenvalue weighted by atomic mass is 10.1. The minimum atomic E-state index is -1.00. The van der Waals surface area contributed by atoms with Crippen molar-refractivity contribution >= 4 is 12.1 Å². The summed E-state index contributed by atoms with van der Waals surface area (Å²) in [6.07, 6.45) is 3.02. The summed E-state index contributed by atoms with van der Waals surface area (Å²) < 4.78 is 5.03. The Kier molecular flexibility index (Phi) is 4.37. The van der Waals surface area contributed by atoms with Gasteiger partial charge in [-0.15, -0.1) is 0 Å². The van der Waals surface area contributed by atoms with Crippen LogP contribution in [0.25, 0.3) is 0 Å². The van der Waals surface area contributed by atoms with Crippen LogP contribution in [0.3, 0.4) is 0 Å². The maximum atomic E-state index is 11.4. The van der Waals surface area contributed by atoms with Crippen LogP contribution in [-0.2, 0) is 9.53 Å². The maximum absolute atomic E-state index is 11.4. The molecule has 5 heteroatoms. The van der Waals surface area contributed by atoms with Gasteiger partial charge < -0.3 is 15.2 Å². The molecule has 0 aromatic rings. The number of alkyl carbamates (subject to hydrolysis) is 1. The summed E-state index contributed by atoms with van der Waals surface area (Å²) in [5, 5.41) is 11.4. The number of carbonyl (C=O) groups excluding carboxylic acids is 1. The van der Waals surface area contributed by atoms with Crippen molar-refractivity contribution in [3.8, 4) is 0 Å². The van der Waals surface area contributed by atoms with Gasteiger partial charge >= 0.3 is 12.1 Å². The van der Waals surface area contributed by atoms with Crippen LogP contribution < -0.4 is 5.32 Å². The summed E-state index contributed by atoms with van der Waals surface area (Å²) in [4.78, 5) is 22.4. The topological polar surface area (TPSA) is 75.6 Å². The highest BCUT2D eigenvalue weighted by Crippen LogP contribution is 2.33. The molecule has 0 aromatic heterocycles. The van der Waals surface area contributed by atoms with Crippen molar-refractivity contribution in [2.75, 3.05) is 0 Å². The molecule has 0 aromatic carbocycles. The van der Waals surface area contributed by atoms with Crippen molar-refractivity contribution in [1.82, 2.24) is 5.32 Å². The summed E-state index contributed by atoms with van der Waals surface area (Å²) in [6, 6.07) is -0.842. The first kappa shape index (κ1) is 13.8. The number of nitrogens with one attached hydrogen (secondary N) is 1. The van der Waals surface area contributed by atoms with Gasteiger partial charge in [0.05, 0.1) is 0 Å². The zero-order valence-electron chi connectivity index (χ0n) is 10.7. The molecule has 0 heterocycles. The van der Waals surface area contributed by atoms with Gasteiger partial charge in [-0.1, -0.05) is 12.8 Å². The van der Waals surface area contributed by atoms with Gasteiger partial charge in [0.25, 0.3) is 0 Å². The Bertz CT molecular complexity index is 291. The van der Waals surface area contributed by atoms with E-state index in [1.165, 1.54) is 12.8 Å². The van der Waals surface area contributed by atoms with Crippen molar-refractivity contribution in [3.05, 3.63) is 0 Å². The number of carboxylic acids is 1. The normalized spacial score (nSPS) is 17.4. The molecule has 2 N–H and O–H groups in total. The first-order chi connectivity index (χ1) is 7.78. The maximum Gasteiger partial charge on any atom is 0.408 e. The Morgan fingerprint density at radius 3 is 2.41 bits per heavy atom. The van der Waals surface area contributed by atoms with Gasteiger partial charge in [0.1, 0.15) is 11.6 Å². The summed E-state index contributed by atoms with van der Waals surface area (Å²) in [5.41, 5.74) is -0.608. The fraction of sp³-hybridized carbons (Fsp3) is 0.833. The Labute approximate surface area is 102 Å². The number of hydrogen-bond acceptors (Lipinski definition) is 3. The minimum absolute atomic E-state index is 0.471. The van der Waals surface area contributed by atoms with Crippen LogP contribution in [0.4, 0.5) is 4.79 Å². The molecule has 1 aliphatic carbocycles. The molecule has 98 valence electrons. The van der Waals surface area contributed by atoms with Gasteiger partial charge in [-0.2, -0.15) is 0 Å². The zero-order chi connectivity index (χ0) is 13.1. The van der Waals surface area contributed by atoms with Gasteiger partial charge in [0.15, 0.2) is 0 Å². The van der Waals surface area contributed by atoms with E-state index in [2.05, 4.69) is 5.32 Å². The Morgan fingerprint density at radius 2 is 2.00 bits per heavy atom. The lowest BCUT2D eigenvalue weighted by Crippen LogP contribution is -2.43. The summed E-state index contributed by atoms with van der Waals surface area (Å²) in [5.74, 6) is -0.353. The van der Waals surface area contributed by atoms with E-state index in [9.17, 15) is 9.59 Å². The number of rotatable bonds is 5. The standard InChI is InChI=1S/C12H21NO4/c1-12(2,3)17-11(16)13-9(10(14)15)7-6-8-4-5-8/h8-9H,4-7H2,1-3H3,(H,13,16)(H,14,15). The second kappa shape index (κ2) is 5.38. The second-order valence-corrected chi connectivity index (χ2v) is 5.56. The molecule has 1 aliphatic rings. The first-order valence-electron chi connectivity index (χ1n) is 6.00. The monoisotopic (exact) mass is 243 g/mol. The van der Waals surface area contributed by atoms with E-state index < -0.39 is 23.7 Å². The highest BCUT2D eigenvalue weighted by atomic mass is 16.6. The molecule has 1 saturated carbocycles. The predicted octanol–water partition coefficient (Wildman–Crippen LogP) is 2.15. The molecule has 1 amide bonds. The van der Waals surface area contributed by atoms with Crippen LogP contribution in [-0.4, -0.2) is 28.8 Å². The Balaban J connectivity index is 2.36. The molecule has 0 spiro atoms. The molecular formula is C12H21NO4. The van der Waals surface area contributed by atoms with E-state index in [1.807, 2.05) is 0 Å². The van der Waals surface area contributed by atoms with Crippen molar-refractivity contribution in [2.45, 2.75) is 58.1 Å². The van der Waals surface area contributed by atoms with Crippen molar-refractivity contribution in [3.63, 3.8) is 0 Å². The predicted molar refractivity (Wildman–Crippen MR) is 62.8 cm³/mol. The second-order valence-electron chi connectivity index (χ2n) is 5.56. The molecular weight excluding hydrogens is 222 g/mol. The van der Waals surface area contributed by atoms with Crippen LogP contribution in [0.2, 0.25) is 0 Å². The highest BCUT2D eigenvalue weighted by molar-refractivity contribution is 5.79. The molecule has 5 nitrogen and oxygen atoms in total. The van der Waals surface area contributed by atoms with Gasteiger partial charge in [0.2, 0.25) is 0 Å². The lowest BCUT2D eigenvalue weighted by molar-refractivity contribution is -0.139. The van der Waals surface area contributed by atoms with Crippen LogP contribution in [0.1, 0.15) is 46.5 Å². The minimum Gasteiger partial charge on any atom is -0.480 e. The third kappa shape index (κ3) is 6.14. The fourth-order valence-electron chi connectivity index (χ4n) is 1.52. The number of ether oxygens (including phenoxy) is 1. The van der Waals surface area contributed by atoms with Gasteiger partial charge in [-0.25, -0.2) is 9.59 Å². The SMILES string of the molecule is CC(C)(C)OC(=O)NC(CCC1CC1)C(=O)O. The average Bonchev–Trinajstić information content (AvgIpc) is 2.91. The molecule has 0 saturated heterocycles. The van der Waals surface area contributed by atoms with Gasteiger partial charge in [0, 0.05) is 0 Å². The van der Waals surface area contributed by atoms with E-state index in [4.69, 9.17) is 9.84 Å². The Hall–Kier alpha value is -1.26. The third-order valence-corrected chi connectivity index (χ3v) is 2.55. The van der Waals surface area contributed by atoms with Crippen molar-refractivity contribution in [1.29, 1.82) is 0 Å². The van der Waals surface area contributed by atoms with Gasteiger partial charge in [-0.3, -0.25) is 0 Å². The summed E-state index contributed by atoms with van der Waals surface area (Å²) in [6.45, 7) is 5.23. The van der Waals surface area contributed by atoms with E-state index >= 15 is 0 Å². The first-order valence-corrected chi connectivity index (χ1v) is 6.00. The van der Waals surface area contributed by atoms with E-state index in [0.717, 1.165) is 6.42 Å². The molecule has 1 atom stereocenters. The highest BCUT2D eigenvalue weighted by Gasteiger charge is 2.27. The quantitative estimate of drug-likeness (QED) is 0.775. The van der Waals surface area contributed by atoms with Crippen molar-refractivity contribution in [2.24, 2.45) is 5.92 Å². The molecule has 1 unspecified atom stereocenters. The lowest BCUT2D eigenvalue weighted by Gasteiger charge is -2.21. The number of hydrogen-bond donors (Lipinski definition) is 2. The smallest absolute Gasteiger partial charge is 0.408 e. The molecule has 0 radical (unpaired) electrons. The van der Waals surface area contributed by atoms with Crippen LogP contribution in [0.15, 0.2) is 0 Å². The number of amides is 1. The number of aliphatic carboxylic acids is 1. The van der Waals surface area contributed by atoms with E-state index in [0.29, 0.717) is 12.3 Å². The molecule has 1 fully saturated rings. The Morgan fingerprint density at radius 1 is 1.41 bits per heavy atom. The number of carbonyl (C=O) groups is 2. The van der Waals surface area contributed by atoms with E-state index in [1.54, 1.807) is 20.8 Å². The third-order valence-electron chi connectivity index (χ3n) is 2.55. The zero-order valence-corrected chi connectivity index (χ0v) is 10.7. The average molecular weight is 243 g/mol. The largest absolute Gasteiger partial charge is 0.480 e. The van der Waals surface area contributed by atoms with Crippen molar-refractivity contribution < 1.29 is 19.4 Å². The number of carboxylic acid groups (broad SMARTS) is 1. The molecule has 0 bridgehead atoms. The molecule has 1 rings (SSSR count). The van der Waals surface area contributed by atoms with Crippen LogP contribution >= 0.6 is 0 Å². The van der Waals surface area contributed by atoms with Crippen LogP contribution in [0.5, 0.6) is 0 Å². The van der Waals surface area contributed by atoms with Crippen LogP contribution in [0, 0.1) is 5.92 Å². The summed E-state index contributed by atoms with van der Waals surface area (Å²) >= 11 is 0. The van der Waals surface area contributed by atoms with E-state index in [-0.39, 0.29) is 0 Å². The molecule has 17 heavy (non-hydrogen) atoms. The molecule has 0 aliphatic heterocycles. The summed E-state index contributed by atoms with van der Waals surface area (Å²) in [7, 11) is 0. The fourth-order valence-corrected chi connectivity index (χ4v) is 1.52. The van der Waals surface area contributed by atoms with Gasteiger partial charge in [-0.05, 0) is 39.5 Å².